The van der Waals surface area contributed by atoms with Gasteiger partial charge in [0.25, 0.3) is 5.56 Å². The van der Waals surface area contributed by atoms with E-state index in [1.807, 2.05) is 6.07 Å². The Morgan fingerprint density at radius 1 is 1.29 bits per heavy atom. The number of hydrogen-bond acceptors (Lipinski definition) is 7. The van der Waals surface area contributed by atoms with Crippen LogP contribution in [0.4, 0.5) is 0 Å². The van der Waals surface area contributed by atoms with Crippen LogP contribution in [0.5, 0.6) is 0 Å². The first-order valence-electron chi connectivity index (χ1n) is 8.56. The van der Waals surface area contributed by atoms with Gasteiger partial charge in [0.1, 0.15) is 12.3 Å². The second-order valence-electron chi connectivity index (χ2n) is 6.43. The number of aryl methyl sites for hydroxylation is 1. The molecule has 0 saturated carbocycles. The summed E-state index contributed by atoms with van der Waals surface area (Å²) in [6, 6.07) is 8.82. The highest BCUT2D eigenvalue weighted by Crippen LogP contribution is 2.45. The molecule has 28 heavy (non-hydrogen) atoms. The third-order valence-electron chi connectivity index (χ3n) is 4.30. The van der Waals surface area contributed by atoms with E-state index in [-0.39, 0.29) is 13.0 Å². The first-order valence-corrected chi connectivity index (χ1v) is 10.1. The molecule has 0 amide bonds. The van der Waals surface area contributed by atoms with Crippen molar-refractivity contribution in [2.45, 2.75) is 38.4 Å². The fourth-order valence-electron chi connectivity index (χ4n) is 2.77. The quantitative estimate of drug-likeness (QED) is 0.568. The van der Waals surface area contributed by atoms with Crippen molar-refractivity contribution >= 4 is 7.82 Å². The molecule has 1 aromatic carbocycles. The number of rotatable bonds is 7. The monoisotopic (exact) mass is 412 g/mol. The Hall–Kier alpha value is -2.07. The van der Waals surface area contributed by atoms with Crippen LogP contribution in [0.25, 0.3) is 0 Å². The van der Waals surface area contributed by atoms with Crippen LogP contribution in [-0.4, -0.2) is 38.4 Å². The minimum atomic E-state index is -4.36. The summed E-state index contributed by atoms with van der Waals surface area (Å²) in [5.41, 5.74) is -0.165. The molecule has 3 N–H and O–H groups in total. The van der Waals surface area contributed by atoms with Gasteiger partial charge >= 0.3 is 13.5 Å². The van der Waals surface area contributed by atoms with E-state index in [2.05, 4.69) is 4.98 Å². The molecule has 3 rings (SSSR count). The third kappa shape index (κ3) is 5.05. The van der Waals surface area contributed by atoms with Crippen LogP contribution in [-0.2, 0) is 25.0 Å². The predicted octanol–water partition coefficient (Wildman–Crippen LogP) is 0.827. The Bertz CT molecular complexity index is 973. The largest absolute Gasteiger partial charge is 0.472 e. The van der Waals surface area contributed by atoms with Gasteiger partial charge in [-0.3, -0.25) is 23.4 Å². The van der Waals surface area contributed by atoms with Crippen LogP contribution in [0.1, 0.15) is 23.8 Å². The van der Waals surface area contributed by atoms with Crippen LogP contribution in [0.2, 0.25) is 0 Å². The number of aliphatic hydroxyl groups excluding tert-OH is 1. The van der Waals surface area contributed by atoms with Crippen molar-refractivity contribution in [2.75, 3.05) is 6.61 Å². The molecule has 10 nitrogen and oxygen atoms in total. The second-order valence-corrected chi connectivity index (χ2v) is 7.89. The van der Waals surface area contributed by atoms with E-state index in [1.54, 1.807) is 24.3 Å². The average molecular weight is 412 g/mol. The number of hydrogen-bond donors (Lipinski definition) is 3. The number of nitrogens with one attached hydrogen (secondary N) is 1. The molecule has 11 heteroatoms. The lowest BCUT2D eigenvalue weighted by Crippen LogP contribution is -2.33. The zero-order valence-electron chi connectivity index (χ0n) is 15.1. The number of aliphatic hydroxyl groups is 1. The average Bonchev–Trinajstić information content (AvgIpc) is 3.03. The van der Waals surface area contributed by atoms with E-state index in [0.717, 1.165) is 4.57 Å². The van der Waals surface area contributed by atoms with Gasteiger partial charge in [0.15, 0.2) is 0 Å². The molecule has 152 valence electrons. The zero-order valence-corrected chi connectivity index (χ0v) is 16.0. The highest BCUT2D eigenvalue weighted by atomic mass is 31.2. The number of aromatic nitrogens is 2. The van der Waals surface area contributed by atoms with Gasteiger partial charge in [-0.1, -0.05) is 30.3 Å². The molecule has 4 atom stereocenters. The van der Waals surface area contributed by atoms with Crippen molar-refractivity contribution in [2.24, 2.45) is 0 Å². The van der Waals surface area contributed by atoms with E-state index in [0.29, 0.717) is 11.1 Å². The van der Waals surface area contributed by atoms with E-state index in [4.69, 9.17) is 13.8 Å². The van der Waals surface area contributed by atoms with Crippen molar-refractivity contribution in [1.82, 2.24) is 9.55 Å². The number of aromatic amines is 1. The Morgan fingerprint density at radius 3 is 2.71 bits per heavy atom. The summed E-state index contributed by atoms with van der Waals surface area (Å²) in [6.45, 7) is 1.02. The van der Waals surface area contributed by atoms with Gasteiger partial charge in [-0.2, -0.15) is 0 Å². The fourth-order valence-corrected chi connectivity index (χ4v) is 3.49. The summed E-state index contributed by atoms with van der Waals surface area (Å²) in [6.07, 6.45) is -1.42. The molecule has 2 aromatic rings. The van der Waals surface area contributed by atoms with E-state index >= 15 is 0 Å². The van der Waals surface area contributed by atoms with Crippen LogP contribution >= 0.6 is 7.82 Å². The van der Waals surface area contributed by atoms with E-state index < -0.39 is 44.1 Å². The summed E-state index contributed by atoms with van der Waals surface area (Å²) < 4.78 is 28.6. The molecular weight excluding hydrogens is 391 g/mol. The highest BCUT2D eigenvalue weighted by molar-refractivity contribution is 7.47. The molecular formula is C17H21N2O8P. The predicted molar refractivity (Wildman–Crippen MR) is 97.6 cm³/mol. The van der Waals surface area contributed by atoms with Gasteiger partial charge in [0.05, 0.1) is 19.3 Å². The molecule has 0 aliphatic carbocycles. The Morgan fingerprint density at radius 2 is 2.00 bits per heavy atom. The molecule has 1 aliphatic heterocycles. The van der Waals surface area contributed by atoms with Gasteiger partial charge in [-0.05, 0) is 12.5 Å². The van der Waals surface area contributed by atoms with Crippen LogP contribution in [0.15, 0.2) is 46.1 Å². The highest BCUT2D eigenvalue weighted by Gasteiger charge is 2.37. The van der Waals surface area contributed by atoms with Gasteiger partial charge in [-0.15, -0.1) is 0 Å². The van der Waals surface area contributed by atoms with Crippen LogP contribution in [0.3, 0.4) is 0 Å². The minimum absolute atomic E-state index is 0.0556. The van der Waals surface area contributed by atoms with E-state index in [1.165, 1.54) is 13.1 Å². The summed E-state index contributed by atoms with van der Waals surface area (Å²) in [4.78, 5) is 35.4. The molecule has 1 fully saturated rings. The topological polar surface area (TPSA) is 140 Å². The lowest BCUT2D eigenvalue weighted by molar-refractivity contribution is -0.0468. The SMILES string of the molecule is Cc1cn([C@H]2C[C@H](O)[C@@H](COP(=O)(O)OCc3ccccc3)O2)c(=O)[nH]c1=O. The normalized spacial score (nSPS) is 24.2. The summed E-state index contributed by atoms with van der Waals surface area (Å²) >= 11 is 0. The van der Waals surface area contributed by atoms with Crippen molar-refractivity contribution in [3.05, 3.63) is 68.5 Å². The maximum Gasteiger partial charge on any atom is 0.472 e. The molecule has 1 aromatic heterocycles. The molecule has 1 unspecified atom stereocenters. The number of phosphoric acid groups is 1. The number of nitrogens with zero attached hydrogens (tertiary/aromatic N) is 1. The molecule has 0 spiro atoms. The lowest BCUT2D eigenvalue weighted by atomic mass is 10.2. The van der Waals surface area contributed by atoms with Crippen molar-refractivity contribution in [1.29, 1.82) is 0 Å². The van der Waals surface area contributed by atoms with Crippen LogP contribution < -0.4 is 11.2 Å². The number of phosphoric ester groups is 1. The molecule has 1 aliphatic rings. The zero-order chi connectivity index (χ0) is 20.3. The second kappa shape index (κ2) is 8.52. The Balaban J connectivity index is 1.58. The summed E-state index contributed by atoms with van der Waals surface area (Å²) in [5, 5.41) is 10.1. The van der Waals surface area contributed by atoms with Gasteiger partial charge in [-0.25, -0.2) is 9.36 Å². The van der Waals surface area contributed by atoms with E-state index in [9.17, 15) is 24.2 Å². The fraction of sp³-hybridized carbons (Fsp3) is 0.412. The first kappa shape index (κ1) is 20.7. The van der Waals surface area contributed by atoms with Crippen LogP contribution in [0, 0.1) is 6.92 Å². The van der Waals surface area contributed by atoms with Crippen molar-refractivity contribution in [3.8, 4) is 0 Å². The minimum Gasteiger partial charge on any atom is -0.390 e. The standard InChI is InChI=1S/C17H21N2O8P/c1-11-8-19(17(22)18-16(11)21)15-7-13(20)14(27-15)10-26-28(23,24)25-9-12-5-3-2-4-6-12/h2-6,8,13-15,20H,7,9-10H2,1H3,(H,23,24)(H,18,21,22)/t13-,14+,15+/m0/s1. The number of H-pyrrole nitrogens is 1. The third-order valence-corrected chi connectivity index (χ3v) is 5.23. The lowest BCUT2D eigenvalue weighted by Gasteiger charge is -2.18. The van der Waals surface area contributed by atoms with Gasteiger partial charge < -0.3 is 14.7 Å². The molecule has 1 saturated heterocycles. The van der Waals surface area contributed by atoms with Gasteiger partial charge in [0, 0.05) is 18.2 Å². The first-order chi connectivity index (χ1) is 13.2. The Labute approximate surface area is 159 Å². The summed E-state index contributed by atoms with van der Waals surface area (Å²) in [5.74, 6) is 0. The molecule has 0 bridgehead atoms. The number of benzene rings is 1. The smallest absolute Gasteiger partial charge is 0.390 e. The maximum atomic E-state index is 12.0. The van der Waals surface area contributed by atoms with Crippen molar-refractivity contribution < 1.29 is 28.3 Å². The maximum absolute atomic E-state index is 12.0. The summed E-state index contributed by atoms with van der Waals surface area (Å²) in [7, 11) is -4.36. The van der Waals surface area contributed by atoms with Gasteiger partial charge in [0.2, 0.25) is 0 Å². The Kier molecular flexibility index (Phi) is 6.29. The van der Waals surface area contributed by atoms with Crippen molar-refractivity contribution in [3.63, 3.8) is 0 Å². The molecule has 0 radical (unpaired) electrons. The molecule has 2 heterocycles. The number of ether oxygens (including phenoxy) is 1.